The highest BCUT2D eigenvalue weighted by molar-refractivity contribution is 6.36. The summed E-state index contributed by atoms with van der Waals surface area (Å²) in [5.74, 6) is -0.0849. The van der Waals surface area contributed by atoms with Crippen molar-refractivity contribution in [3.8, 4) is 17.3 Å². The number of ether oxygens (including phenoxy) is 1. The van der Waals surface area contributed by atoms with Crippen molar-refractivity contribution in [3.05, 3.63) is 53.4 Å². The lowest BCUT2D eigenvalue weighted by molar-refractivity contribution is 0.107. The molecule has 202 valence electrons. The number of benzene rings is 2. The maximum Gasteiger partial charge on any atom is 0.319 e. The average Bonchev–Trinajstić information content (AvgIpc) is 3.65. The molecule has 2 aromatic heterocycles. The van der Waals surface area contributed by atoms with Crippen LogP contribution >= 0.6 is 11.6 Å². The molecule has 3 atom stereocenters. The van der Waals surface area contributed by atoms with E-state index in [2.05, 4.69) is 30.5 Å². The van der Waals surface area contributed by atoms with Crippen LogP contribution in [0.5, 0.6) is 6.01 Å². The number of alkyl halides is 1. The van der Waals surface area contributed by atoms with Gasteiger partial charge in [0.05, 0.1) is 10.9 Å². The second-order valence-electron chi connectivity index (χ2n) is 10.9. The highest BCUT2D eigenvalue weighted by Crippen LogP contribution is 2.41. The van der Waals surface area contributed by atoms with Crippen LogP contribution in [0.3, 0.4) is 0 Å². The Kier molecular flexibility index (Phi) is 6.25. The molecule has 0 amide bonds. The summed E-state index contributed by atoms with van der Waals surface area (Å²) in [6, 6.07) is 11.4. The lowest BCUT2D eigenvalue weighted by Gasteiger charge is -2.30. The fourth-order valence-electron chi connectivity index (χ4n) is 6.51. The first kappa shape index (κ1) is 24.9. The van der Waals surface area contributed by atoms with Crippen LogP contribution in [0.4, 0.5) is 14.6 Å². The number of fused-ring (bicyclic) bond motifs is 3. The first-order valence-electron chi connectivity index (χ1n) is 13.5. The van der Waals surface area contributed by atoms with Crippen LogP contribution < -0.4 is 15.4 Å². The van der Waals surface area contributed by atoms with Gasteiger partial charge in [-0.15, -0.1) is 0 Å². The summed E-state index contributed by atoms with van der Waals surface area (Å²) in [7, 11) is 0. The summed E-state index contributed by atoms with van der Waals surface area (Å²) in [5.41, 5.74) is 0.519. The molecule has 3 saturated heterocycles. The van der Waals surface area contributed by atoms with Gasteiger partial charge in [0.2, 0.25) is 0 Å². The van der Waals surface area contributed by atoms with Crippen molar-refractivity contribution < 1.29 is 13.5 Å². The third kappa shape index (κ3) is 4.37. The van der Waals surface area contributed by atoms with Crippen LogP contribution in [0.25, 0.3) is 32.9 Å². The van der Waals surface area contributed by atoms with Crippen LogP contribution in [0.1, 0.15) is 25.7 Å². The quantitative estimate of drug-likeness (QED) is 0.334. The standard InChI is InChI=1S/C29H29ClF2N6O/c30-22-7-2-5-17-4-1-6-20(23(17)22)25-24(32)26-21(14-34-25)27(35-19-8-10-33-13-19)37-28(36-26)39-16-29-9-3-11-38(29)15-18(31)12-29/h1-2,4-7,14,18-19,33H,3,8-13,15-16H2,(H,35,36,37)/t18-,19-,29+/m1/s1. The number of aromatic nitrogens is 3. The highest BCUT2D eigenvalue weighted by atomic mass is 35.5. The highest BCUT2D eigenvalue weighted by Gasteiger charge is 2.49. The Balaban J connectivity index is 1.32. The molecule has 0 spiro atoms. The third-order valence-electron chi connectivity index (χ3n) is 8.40. The van der Waals surface area contributed by atoms with Crippen molar-refractivity contribution in [1.29, 1.82) is 0 Å². The molecule has 0 radical (unpaired) electrons. The van der Waals surface area contributed by atoms with Gasteiger partial charge in [-0.2, -0.15) is 9.97 Å². The Morgan fingerprint density at radius 2 is 2.08 bits per heavy atom. The molecule has 0 aliphatic carbocycles. The molecule has 0 saturated carbocycles. The van der Waals surface area contributed by atoms with Gasteiger partial charge in [0.1, 0.15) is 29.8 Å². The van der Waals surface area contributed by atoms with Gasteiger partial charge in [0.25, 0.3) is 0 Å². The Labute approximate surface area is 229 Å². The van der Waals surface area contributed by atoms with E-state index in [1.165, 1.54) is 0 Å². The molecular weight excluding hydrogens is 522 g/mol. The molecule has 3 aliphatic heterocycles. The monoisotopic (exact) mass is 550 g/mol. The molecule has 7 rings (SSSR count). The fourth-order valence-corrected chi connectivity index (χ4v) is 6.79. The smallest absolute Gasteiger partial charge is 0.319 e. The van der Waals surface area contributed by atoms with E-state index in [9.17, 15) is 4.39 Å². The number of hydrogen-bond acceptors (Lipinski definition) is 7. The number of anilines is 1. The Morgan fingerprint density at radius 1 is 1.21 bits per heavy atom. The van der Waals surface area contributed by atoms with Gasteiger partial charge in [-0.25, -0.2) is 8.78 Å². The second-order valence-corrected chi connectivity index (χ2v) is 11.3. The summed E-state index contributed by atoms with van der Waals surface area (Å²) < 4.78 is 36.8. The molecule has 2 N–H and O–H groups in total. The van der Waals surface area contributed by atoms with Gasteiger partial charge < -0.3 is 15.4 Å². The minimum Gasteiger partial charge on any atom is -0.461 e. The van der Waals surface area contributed by atoms with E-state index in [0.29, 0.717) is 34.8 Å². The lowest BCUT2D eigenvalue weighted by Crippen LogP contribution is -2.43. The van der Waals surface area contributed by atoms with Gasteiger partial charge in [-0.1, -0.05) is 41.9 Å². The van der Waals surface area contributed by atoms with E-state index in [0.717, 1.165) is 49.7 Å². The number of nitrogens with zero attached hydrogens (tertiary/aromatic N) is 4. The molecule has 0 bridgehead atoms. The zero-order valence-electron chi connectivity index (χ0n) is 21.4. The molecule has 2 aromatic carbocycles. The summed E-state index contributed by atoms with van der Waals surface area (Å²) in [4.78, 5) is 15.9. The van der Waals surface area contributed by atoms with Crippen LogP contribution in [0.15, 0.2) is 42.6 Å². The van der Waals surface area contributed by atoms with E-state index < -0.39 is 12.0 Å². The van der Waals surface area contributed by atoms with Crippen LogP contribution in [-0.2, 0) is 0 Å². The van der Waals surface area contributed by atoms with Crippen molar-refractivity contribution in [2.45, 2.75) is 43.4 Å². The molecule has 7 nitrogen and oxygen atoms in total. The topological polar surface area (TPSA) is 75.2 Å². The normalized spacial score (nSPS) is 25.0. The molecule has 3 fully saturated rings. The van der Waals surface area contributed by atoms with Crippen LogP contribution in [0, 0.1) is 5.82 Å². The first-order chi connectivity index (χ1) is 19.0. The summed E-state index contributed by atoms with van der Waals surface area (Å²) >= 11 is 6.54. The van der Waals surface area contributed by atoms with Crippen molar-refractivity contribution in [2.75, 3.05) is 38.1 Å². The largest absolute Gasteiger partial charge is 0.461 e. The second kappa shape index (κ2) is 9.80. The lowest BCUT2D eigenvalue weighted by atomic mass is 9.95. The van der Waals surface area contributed by atoms with Crippen LogP contribution in [0.2, 0.25) is 5.02 Å². The number of halogens is 3. The minimum absolute atomic E-state index is 0.0755. The van der Waals surface area contributed by atoms with E-state index in [1.807, 2.05) is 30.3 Å². The Hall–Kier alpha value is -3.14. The average molecular weight is 551 g/mol. The predicted octanol–water partition coefficient (Wildman–Crippen LogP) is 5.37. The maximum absolute atomic E-state index is 16.3. The van der Waals surface area contributed by atoms with E-state index in [4.69, 9.17) is 16.3 Å². The van der Waals surface area contributed by atoms with Crippen LogP contribution in [-0.4, -0.2) is 70.4 Å². The first-order valence-corrected chi connectivity index (χ1v) is 13.9. The summed E-state index contributed by atoms with van der Waals surface area (Å²) in [5, 5.41) is 9.40. The molecule has 10 heteroatoms. The third-order valence-corrected chi connectivity index (χ3v) is 8.72. The number of pyridine rings is 1. The number of rotatable bonds is 6. The van der Waals surface area contributed by atoms with Crippen molar-refractivity contribution in [3.63, 3.8) is 0 Å². The van der Waals surface area contributed by atoms with E-state index in [-0.39, 0.29) is 35.4 Å². The Bertz CT molecular complexity index is 1560. The number of nitrogens with one attached hydrogen (secondary N) is 2. The van der Waals surface area contributed by atoms with Gasteiger partial charge in [0, 0.05) is 47.7 Å². The maximum atomic E-state index is 16.3. The zero-order chi connectivity index (χ0) is 26.6. The number of hydrogen-bond donors (Lipinski definition) is 2. The summed E-state index contributed by atoms with van der Waals surface area (Å²) in [6.07, 6.45) is 3.97. The Morgan fingerprint density at radius 3 is 2.92 bits per heavy atom. The van der Waals surface area contributed by atoms with E-state index in [1.54, 1.807) is 12.3 Å². The van der Waals surface area contributed by atoms with E-state index >= 15 is 4.39 Å². The molecular formula is C29H29ClF2N6O. The van der Waals surface area contributed by atoms with Crippen molar-refractivity contribution in [2.24, 2.45) is 0 Å². The fraction of sp³-hybridized carbons (Fsp3) is 0.414. The van der Waals surface area contributed by atoms with Gasteiger partial charge in [-0.05, 0) is 43.8 Å². The van der Waals surface area contributed by atoms with Gasteiger partial charge in [0.15, 0.2) is 5.82 Å². The summed E-state index contributed by atoms with van der Waals surface area (Å²) in [6.45, 7) is 3.23. The van der Waals surface area contributed by atoms with Crippen molar-refractivity contribution in [1.82, 2.24) is 25.2 Å². The molecule has 0 unspecified atom stereocenters. The molecule has 5 heterocycles. The van der Waals surface area contributed by atoms with Gasteiger partial charge in [-0.3, -0.25) is 9.88 Å². The molecule has 4 aromatic rings. The molecule has 3 aliphatic rings. The van der Waals surface area contributed by atoms with Gasteiger partial charge >= 0.3 is 6.01 Å². The SMILES string of the molecule is Fc1c(-c2cccc3cccc(Cl)c23)ncc2c(N[C@@H]3CCNC3)nc(OC[C@@]34CCCN3C[C@H](F)C4)nc12. The van der Waals surface area contributed by atoms with Crippen molar-refractivity contribution >= 4 is 39.1 Å². The zero-order valence-corrected chi connectivity index (χ0v) is 22.1. The predicted molar refractivity (Wildman–Crippen MR) is 149 cm³/mol. The minimum atomic E-state index is -0.864. The molecule has 39 heavy (non-hydrogen) atoms.